The lowest BCUT2D eigenvalue weighted by molar-refractivity contribution is 1.02. The van der Waals surface area contributed by atoms with Gasteiger partial charge in [-0.3, -0.25) is 0 Å². The molecule has 8 aromatic rings. The Balaban J connectivity index is 1.08. The second-order valence-electron chi connectivity index (χ2n) is 12.9. The molecule has 0 saturated carbocycles. The van der Waals surface area contributed by atoms with Gasteiger partial charge in [0.25, 0.3) is 0 Å². The molecule has 236 valence electrons. The summed E-state index contributed by atoms with van der Waals surface area (Å²) in [6.07, 6.45) is 0. The van der Waals surface area contributed by atoms with Crippen LogP contribution in [0.25, 0.3) is 44.5 Å². The van der Waals surface area contributed by atoms with Gasteiger partial charge in [-0.15, -0.1) is 0 Å². The molecule has 1 atom stereocenters. The maximum Gasteiger partial charge on any atom is 0.0462 e. The maximum absolute atomic E-state index is 2.41. The molecule has 50 heavy (non-hydrogen) atoms. The molecule has 9 rings (SSSR count). The van der Waals surface area contributed by atoms with E-state index in [1.165, 1.54) is 61.2 Å². The van der Waals surface area contributed by atoms with Crippen LogP contribution in [0, 0.1) is 0 Å². The van der Waals surface area contributed by atoms with Gasteiger partial charge < -0.3 is 4.90 Å². The molecule has 0 aliphatic heterocycles. The first-order chi connectivity index (χ1) is 24.8. The van der Waals surface area contributed by atoms with Crippen LogP contribution in [-0.4, -0.2) is 0 Å². The lowest BCUT2D eigenvalue weighted by Crippen LogP contribution is -2.09. The van der Waals surface area contributed by atoms with E-state index in [0.29, 0.717) is 0 Å². The quantitative estimate of drug-likeness (QED) is 0.168. The lowest BCUT2D eigenvalue weighted by Gasteiger charge is -2.26. The van der Waals surface area contributed by atoms with E-state index in [0.717, 1.165) is 17.1 Å². The van der Waals surface area contributed by atoms with Crippen molar-refractivity contribution in [3.05, 3.63) is 223 Å². The Morgan fingerprint density at radius 1 is 0.280 bits per heavy atom. The molecule has 0 bridgehead atoms. The Labute approximate surface area is 294 Å². The smallest absolute Gasteiger partial charge is 0.0462 e. The Bertz CT molecular complexity index is 2290. The van der Waals surface area contributed by atoms with Crippen LogP contribution < -0.4 is 4.90 Å². The van der Waals surface area contributed by atoms with Crippen LogP contribution in [0.1, 0.15) is 22.6 Å². The molecule has 0 heterocycles. The summed E-state index contributed by atoms with van der Waals surface area (Å²) < 4.78 is 0. The zero-order valence-corrected chi connectivity index (χ0v) is 27.7. The zero-order chi connectivity index (χ0) is 33.3. The van der Waals surface area contributed by atoms with Gasteiger partial charge >= 0.3 is 0 Å². The van der Waals surface area contributed by atoms with E-state index >= 15 is 0 Å². The molecule has 1 aliphatic rings. The van der Waals surface area contributed by atoms with Gasteiger partial charge in [-0.25, -0.2) is 0 Å². The fraction of sp³-hybridized carbons (Fsp3) is 0.0204. The van der Waals surface area contributed by atoms with Crippen LogP contribution in [0.3, 0.4) is 0 Å². The first-order valence-corrected chi connectivity index (χ1v) is 17.3. The number of fused-ring (bicyclic) bond motifs is 3. The zero-order valence-electron chi connectivity index (χ0n) is 27.7. The van der Waals surface area contributed by atoms with Crippen LogP contribution in [0.4, 0.5) is 17.1 Å². The molecule has 0 aromatic heterocycles. The highest BCUT2D eigenvalue weighted by molar-refractivity contribution is 5.85. The van der Waals surface area contributed by atoms with Crippen molar-refractivity contribution in [3.8, 4) is 44.5 Å². The highest BCUT2D eigenvalue weighted by Gasteiger charge is 2.29. The van der Waals surface area contributed by atoms with E-state index < -0.39 is 0 Å². The molecular formula is C49H35N. The van der Waals surface area contributed by atoms with Crippen LogP contribution >= 0.6 is 0 Å². The van der Waals surface area contributed by atoms with Crippen molar-refractivity contribution in [1.82, 2.24) is 0 Å². The molecule has 0 saturated heterocycles. The van der Waals surface area contributed by atoms with Gasteiger partial charge in [0.05, 0.1) is 0 Å². The second-order valence-corrected chi connectivity index (χ2v) is 12.9. The summed E-state index contributed by atoms with van der Waals surface area (Å²) in [5.41, 5.74) is 17.4. The molecule has 0 spiro atoms. The third-order valence-corrected chi connectivity index (χ3v) is 9.98. The lowest BCUT2D eigenvalue weighted by atomic mass is 9.88. The summed E-state index contributed by atoms with van der Waals surface area (Å²) in [7, 11) is 0. The minimum absolute atomic E-state index is 0.231. The number of rotatable bonds is 7. The predicted molar refractivity (Wildman–Crippen MR) is 210 cm³/mol. The van der Waals surface area contributed by atoms with Crippen molar-refractivity contribution >= 4 is 17.1 Å². The maximum atomic E-state index is 2.41. The summed E-state index contributed by atoms with van der Waals surface area (Å²) in [5, 5.41) is 0. The molecule has 0 fully saturated rings. The van der Waals surface area contributed by atoms with Gasteiger partial charge in [-0.05, 0) is 104 Å². The Kier molecular flexibility index (Phi) is 7.64. The van der Waals surface area contributed by atoms with Gasteiger partial charge in [0.2, 0.25) is 0 Å². The summed E-state index contributed by atoms with van der Waals surface area (Å²) in [6.45, 7) is 0. The highest BCUT2D eigenvalue weighted by Crippen LogP contribution is 2.49. The fourth-order valence-electron chi connectivity index (χ4n) is 7.51. The van der Waals surface area contributed by atoms with Crippen molar-refractivity contribution in [2.75, 3.05) is 4.90 Å². The average Bonchev–Trinajstić information content (AvgIpc) is 3.53. The third kappa shape index (κ3) is 5.49. The number of nitrogens with zero attached hydrogens (tertiary/aromatic N) is 1. The standard InChI is InChI=1S/C49H35N/c1-4-12-35(13-5-1)37-20-27-42(28-21-37)50(43-29-22-38(23-30-43)36-14-6-2-7-15-36)44-31-24-39(25-32-44)41-26-33-46-45-18-10-11-19-47(45)49(48(46)34-41)40-16-8-3-9-17-40/h1-34,49H. The second kappa shape index (κ2) is 12.9. The number of benzene rings is 8. The van der Waals surface area contributed by atoms with E-state index in [9.17, 15) is 0 Å². The van der Waals surface area contributed by atoms with Crippen molar-refractivity contribution in [3.63, 3.8) is 0 Å². The molecule has 0 amide bonds. The Morgan fingerprint density at radius 3 is 1.18 bits per heavy atom. The Hall–Kier alpha value is -6.44. The van der Waals surface area contributed by atoms with Gasteiger partial charge in [0.1, 0.15) is 0 Å². The van der Waals surface area contributed by atoms with Gasteiger partial charge in [-0.1, -0.05) is 164 Å². The van der Waals surface area contributed by atoms with Gasteiger partial charge in [0.15, 0.2) is 0 Å². The minimum atomic E-state index is 0.231. The highest BCUT2D eigenvalue weighted by atomic mass is 15.1. The molecular weight excluding hydrogens is 603 g/mol. The van der Waals surface area contributed by atoms with Crippen LogP contribution in [0.15, 0.2) is 206 Å². The van der Waals surface area contributed by atoms with Gasteiger partial charge in [-0.2, -0.15) is 0 Å². The van der Waals surface area contributed by atoms with Crippen molar-refractivity contribution in [2.45, 2.75) is 5.92 Å². The van der Waals surface area contributed by atoms with E-state index in [2.05, 4.69) is 211 Å². The van der Waals surface area contributed by atoms with Crippen molar-refractivity contribution < 1.29 is 0 Å². The molecule has 1 heteroatoms. The number of hydrogen-bond donors (Lipinski definition) is 0. The molecule has 8 aromatic carbocycles. The number of anilines is 3. The number of hydrogen-bond acceptors (Lipinski definition) is 1. The topological polar surface area (TPSA) is 3.24 Å². The van der Waals surface area contributed by atoms with Crippen molar-refractivity contribution in [1.29, 1.82) is 0 Å². The van der Waals surface area contributed by atoms with E-state index in [1.54, 1.807) is 0 Å². The average molecular weight is 638 g/mol. The molecule has 1 nitrogen and oxygen atoms in total. The largest absolute Gasteiger partial charge is 0.311 e. The van der Waals surface area contributed by atoms with Gasteiger partial charge in [0, 0.05) is 23.0 Å². The molecule has 0 N–H and O–H groups in total. The predicted octanol–water partition coefficient (Wildman–Crippen LogP) is 13.3. The molecule has 1 unspecified atom stereocenters. The summed E-state index contributed by atoms with van der Waals surface area (Å²) >= 11 is 0. The third-order valence-electron chi connectivity index (χ3n) is 9.98. The first-order valence-electron chi connectivity index (χ1n) is 17.3. The first kappa shape index (κ1) is 29.7. The van der Waals surface area contributed by atoms with Crippen LogP contribution in [0.2, 0.25) is 0 Å². The van der Waals surface area contributed by atoms with Crippen molar-refractivity contribution in [2.24, 2.45) is 0 Å². The fourth-order valence-corrected chi connectivity index (χ4v) is 7.51. The van der Waals surface area contributed by atoms with E-state index in [4.69, 9.17) is 0 Å². The van der Waals surface area contributed by atoms with Crippen LogP contribution in [-0.2, 0) is 0 Å². The summed E-state index contributed by atoms with van der Waals surface area (Å²) in [5.74, 6) is 0.231. The Morgan fingerprint density at radius 2 is 0.660 bits per heavy atom. The molecule has 0 radical (unpaired) electrons. The normalized spacial score (nSPS) is 13.0. The molecule has 1 aliphatic carbocycles. The SMILES string of the molecule is c1ccc(-c2ccc(N(c3ccc(-c4ccccc4)cc3)c3ccc(-c4ccc5c(c4)C(c4ccccc4)c4ccccc4-5)cc3)cc2)cc1. The summed E-state index contributed by atoms with van der Waals surface area (Å²) in [6, 6.07) is 74.7. The minimum Gasteiger partial charge on any atom is -0.311 e. The van der Waals surface area contributed by atoms with E-state index in [-0.39, 0.29) is 5.92 Å². The monoisotopic (exact) mass is 637 g/mol. The summed E-state index contributed by atoms with van der Waals surface area (Å²) in [4.78, 5) is 2.35. The van der Waals surface area contributed by atoms with Crippen LogP contribution in [0.5, 0.6) is 0 Å². The van der Waals surface area contributed by atoms with E-state index in [1.807, 2.05) is 0 Å².